The summed E-state index contributed by atoms with van der Waals surface area (Å²) in [6.45, 7) is 0.0352. The number of hydrogen-bond acceptors (Lipinski definition) is 4. The van der Waals surface area contributed by atoms with E-state index in [1.807, 2.05) is 24.3 Å². The molecule has 1 aliphatic carbocycles. The standard InChI is InChI=1S/C17H20N4O3/c22-16(10-20-14-8-4-2-6-12(14)18-19-20)21-13-7-3-1-5-11(13)9-15(21)17(23)24/h2,4,6,8,11,13,15H,1,3,5,7,9-10H2,(H,23,24)/t11-,13-,15-/m0/s1. The van der Waals surface area contributed by atoms with Gasteiger partial charge in [-0.05, 0) is 37.3 Å². The Bertz CT molecular complexity index is 787. The first-order valence-corrected chi connectivity index (χ1v) is 8.47. The van der Waals surface area contributed by atoms with Crippen LogP contribution in [0, 0.1) is 5.92 Å². The van der Waals surface area contributed by atoms with Gasteiger partial charge < -0.3 is 10.0 Å². The quantitative estimate of drug-likeness (QED) is 0.926. The molecule has 1 aromatic heterocycles. The van der Waals surface area contributed by atoms with E-state index in [9.17, 15) is 14.7 Å². The fourth-order valence-corrected chi connectivity index (χ4v) is 4.28. The molecule has 1 N–H and O–H groups in total. The van der Waals surface area contributed by atoms with Gasteiger partial charge in [0.25, 0.3) is 0 Å². The molecule has 7 nitrogen and oxygen atoms in total. The van der Waals surface area contributed by atoms with Gasteiger partial charge in [-0.3, -0.25) is 4.79 Å². The Balaban J connectivity index is 1.60. The first-order chi connectivity index (χ1) is 11.6. The van der Waals surface area contributed by atoms with E-state index in [0.29, 0.717) is 12.3 Å². The van der Waals surface area contributed by atoms with Gasteiger partial charge in [-0.1, -0.05) is 30.2 Å². The number of rotatable bonds is 3. The monoisotopic (exact) mass is 328 g/mol. The van der Waals surface area contributed by atoms with Crippen LogP contribution in [-0.2, 0) is 16.1 Å². The molecule has 126 valence electrons. The summed E-state index contributed by atoms with van der Waals surface area (Å²) in [7, 11) is 0. The van der Waals surface area contributed by atoms with Crippen LogP contribution in [0.25, 0.3) is 11.0 Å². The number of hydrogen-bond donors (Lipinski definition) is 1. The minimum Gasteiger partial charge on any atom is -0.480 e. The Labute approximate surface area is 139 Å². The second-order valence-corrected chi connectivity index (χ2v) is 6.74. The van der Waals surface area contributed by atoms with Crippen LogP contribution in [0.15, 0.2) is 24.3 Å². The summed E-state index contributed by atoms with van der Waals surface area (Å²) in [6.07, 6.45) is 4.68. The van der Waals surface area contributed by atoms with Gasteiger partial charge in [0, 0.05) is 6.04 Å². The Morgan fingerprint density at radius 1 is 1.21 bits per heavy atom. The second kappa shape index (κ2) is 5.89. The van der Waals surface area contributed by atoms with E-state index in [4.69, 9.17) is 0 Å². The van der Waals surface area contributed by atoms with E-state index < -0.39 is 12.0 Å². The maximum absolute atomic E-state index is 12.9. The maximum atomic E-state index is 12.9. The van der Waals surface area contributed by atoms with Crippen LogP contribution in [0.1, 0.15) is 32.1 Å². The third kappa shape index (κ3) is 2.44. The average Bonchev–Trinajstić information content (AvgIpc) is 3.16. The molecule has 2 aromatic rings. The molecule has 1 amide bonds. The Morgan fingerprint density at radius 3 is 2.83 bits per heavy atom. The summed E-state index contributed by atoms with van der Waals surface area (Å²) < 4.78 is 1.56. The number of likely N-dealkylation sites (tertiary alicyclic amines) is 1. The van der Waals surface area contributed by atoms with Crippen molar-refractivity contribution in [3.8, 4) is 0 Å². The van der Waals surface area contributed by atoms with E-state index >= 15 is 0 Å². The molecule has 0 spiro atoms. The van der Waals surface area contributed by atoms with E-state index in [1.54, 1.807) is 9.58 Å². The smallest absolute Gasteiger partial charge is 0.326 e. The number of benzene rings is 1. The maximum Gasteiger partial charge on any atom is 0.326 e. The van der Waals surface area contributed by atoms with Crippen LogP contribution < -0.4 is 0 Å². The summed E-state index contributed by atoms with van der Waals surface area (Å²) in [6, 6.07) is 6.81. The highest BCUT2D eigenvalue weighted by Crippen LogP contribution is 2.40. The third-order valence-electron chi connectivity index (χ3n) is 5.37. The van der Waals surface area contributed by atoms with Crippen molar-refractivity contribution in [2.24, 2.45) is 5.92 Å². The molecule has 4 rings (SSSR count). The van der Waals surface area contributed by atoms with Gasteiger partial charge in [-0.15, -0.1) is 5.10 Å². The predicted octanol–water partition coefficient (Wildman–Crippen LogP) is 1.68. The Morgan fingerprint density at radius 2 is 2.00 bits per heavy atom. The van der Waals surface area contributed by atoms with Crippen LogP contribution in [0.5, 0.6) is 0 Å². The highest BCUT2D eigenvalue weighted by Gasteiger charge is 2.47. The Hall–Kier alpha value is -2.44. The molecule has 1 saturated heterocycles. The number of carbonyl (C=O) groups is 2. The van der Waals surface area contributed by atoms with Crippen molar-refractivity contribution in [3.05, 3.63) is 24.3 Å². The largest absolute Gasteiger partial charge is 0.480 e. The summed E-state index contributed by atoms with van der Waals surface area (Å²) in [5.41, 5.74) is 1.52. The van der Waals surface area contributed by atoms with Crippen LogP contribution >= 0.6 is 0 Å². The second-order valence-electron chi connectivity index (χ2n) is 6.74. The molecule has 0 unspecified atom stereocenters. The topological polar surface area (TPSA) is 88.3 Å². The molecule has 1 saturated carbocycles. The predicted molar refractivity (Wildman–Crippen MR) is 86.2 cm³/mol. The number of para-hydroxylation sites is 1. The molecule has 0 bridgehead atoms. The number of aromatic nitrogens is 3. The molecular weight excluding hydrogens is 308 g/mol. The number of fused-ring (bicyclic) bond motifs is 2. The minimum atomic E-state index is -0.902. The number of carbonyl (C=O) groups excluding carboxylic acids is 1. The van der Waals surface area contributed by atoms with Crippen LogP contribution in [0.3, 0.4) is 0 Å². The number of carboxylic acids is 1. The molecule has 2 fully saturated rings. The molecule has 2 aliphatic rings. The third-order valence-corrected chi connectivity index (χ3v) is 5.37. The summed E-state index contributed by atoms with van der Waals surface area (Å²) in [5.74, 6) is -0.759. The zero-order valence-corrected chi connectivity index (χ0v) is 13.3. The van der Waals surface area contributed by atoms with Crippen molar-refractivity contribution in [2.75, 3.05) is 0 Å². The Kier molecular flexibility index (Phi) is 3.70. The lowest BCUT2D eigenvalue weighted by Gasteiger charge is -2.33. The van der Waals surface area contributed by atoms with E-state index in [0.717, 1.165) is 36.7 Å². The normalized spacial score (nSPS) is 26.5. The number of aliphatic carboxylic acids is 1. The van der Waals surface area contributed by atoms with Crippen molar-refractivity contribution in [3.63, 3.8) is 0 Å². The van der Waals surface area contributed by atoms with E-state index in [1.165, 1.54) is 0 Å². The highest BCUT2D eigenvalue weighted by atomic mass is 16.4. The van der Waals surface area contributed by atoms with Gasteiger partial charge in [0.15, 0.2) is 0 Å². The van der Waals surface area contributed by atoms with Gasteiger partial charge in [0.1, 0.15) is 18.1 Å². The first kappa shape index (κ1) is 15.1. The van der Waals surface area contributed by atoms with Crippen molar-refractivity contribution in [1.82, 2.24) is 19.9 Å². The van der Waals surface area contributed by atoms with Gasteiger partial charge in [0.05, 0.1) is 5.52 Å². The lowest BCUT2D eigenvalue weighted by Crippen LogP contribution is -2.47. The molecule has 1 aliphatic heterocycles. The SMILES string of the molecule is O=C(O)[C@@H]1C[C@@H]2CCCC[C@@H]2N1C(=O)Cn1nnc2ccccc21. The zero-order chi connectivity index (χ0) is 16.7. The molecular formula is C17H20N4O3. The highest BCUT2D eigenvalue weighted by molar-refractivity contribution is 5.85. The molecule has 3 atom stereocenters. The van der Waals surface area contributed by atoms with Crippen molar-refractivity contribution >= 4 is 22.9 Å². The summed E-state index contributed by atoms with van der Waals surface area (Å²) in [5, 5.41) is 17.7. The molecule has 24 heavy (non-hydrogen) atoms. The zero-order valence-electron chi connectivity index (χ0n) is 13.3. The number of amides is 1. The summed E-state index contributed by atoms with van der Waals surface area (Å²) >= 11 is 0. The lowest BCUT2D eigenvalue weighted by atomic mass is 9.85. The number of carboxylic acid groups (broad SMARTS) is 1. The molecule has 2 heterocycles. The van der Waals surface area contributed by atoms with Crippen molar-refractivity contribution in [2.45, 2.75) is 50.7 Å². The van der Waals surface area contributed by atoms with Crippen LogP contribution in [0.2, 0.25) is 0 Å². The fraction of sp³-hybridized carbons (Fsp3) is 0.529. The van der Waals surface area contributed by atoms with E-state index in [2.05, 4.69) is 10.3 Å². The van der Waals surface area contributed by atoms with Gasteiger partial charge >= 0.3 is 5.97 Å². The average molecular weight is 328 g/mol. The minimum absolute atomic E-state index is 0.0352. The summed E-state index contributed by atoms with van der Waals surface area (Å²) in [4.78, 5) is 26.2. The van der Waals surface area contributed by atoms with Gasteiger partial charge in [-0.2, -0.15) is 0 Å². The van der Waals surface area contributed by atoms with Crippen molar-refractivity contribution < 1.29 is 14.7 Å². The van der Waals surface area contributed by atoms with Crippen molar-refractivity contribution in [1.29, 1.82) is 0 Å². The van der Waals surface area contributed by atoms with Gasteiger partial charge in [-0.25, -0.2) is 9.48 Å². The molecule has 0 radical (unpaired) electrons. The van der Waals surface area contributed by atoms with E-state index in [-0.39, 0.29) is 18.5 Å². The molecule has 7 heteroatoms. The van der Waals surface area contributed by atoms with Crippen LogP contribution in [0.4, 0.5) is 0 Å². The fourth-order valence-electron chi connectivity index (χ4n) is 4.28. The number of nitrogens with zero attached hydrogens (tertiary/aromatic N) is 4. The van der Waals surface area contributed by atoms with Crippen LogP contribution in [-0.4, -0.2) is 49.0 Å². The van der Waals surface area contributed by atoms with Gasteiger partial charge in [0.2, 0.25) is 5.91 Å². The lowest BCUT2D eigenvalue weighted by molar-refractivity contribution is -0.150. The molecule has 1 aromatic carbocycles. The first-order valence-electron chi connectivity index (χ1n) is 8.47.